The summed E-state index contributed by atoms with van der Waals surface area (Å²) in [5.74, 6) is 0.663. The number of phenolic OH excluding ortho intramolecular Hbond substituents is 1. The number of phenols is 1. The van der Waals surface area contributed by atoms with Gasteiger partial charge in [0.15, 0.2) is 17.2 Å². The summed E-state index contributed by atoms with van der Waals surface area (Å²) < 4.78 is 58.2. The molecule has 1 aromatic heterocycles. The minimum Gasteiger partial charge on any atom is -0.507 e. The van der Waals surface area contributed by atoms with Crippen molar-refractivity contribution in [3.8, 4) is 45.4 Å². The third kappa shape index (κ3) is 5.05. The number of ether oxygens (including phenoxy) is 3. The van der Waals surface area contributed by atoms with E-state index < -0.39 is 11.9 Å². The fourth-order valence-corrected chi connectivity index (χ4v) is 3.80. The van der Waals surface area contributed by atoms with Crippen LogP contribution in [0.2, 0.25) is 0 Å². The van der Waals surface area contributed by atoms with Gasteiger partial charge in [0.25, 0.3) is 0 Å². The van der Waals surface area contributed by atoms with Crippen LogP contribution in [-0.4, -0.2) is 29.3 Å². The van der Waals surface area contributed by atoms with Crippen molar-refractivity contribution < 1.29 is 32.5 Å². The molecule has 0 aliphatic carbocycles. The van der Waals surface area contributed by atoms with Crippen molar-refractivity contribution in [2.75, 3.05) is 14.2 Å². The van der Waals surface area contributed by atoms with Crippen LogP contribution in [0, 0.1) is 6.92 Å². The Morgan fingerprint density at radius 3 is 2.31 bits per heavy atom. The predicted molar refractivity (Wildman–Crippen MR) is 128 cm³/mol. The molecule has 0 unspecified atom stereocenters. The summed E-state index contributed by atoms with van der Waals surface area (Å²) in [5.41, 5.74) is 0.744. The minimum absolute atomic E-state index is 0.0903. The van der Waals surface area contributed by atoms with Crippen LogP contribution in [-0.2, 0) is 12.8 Å². The number of halogens is 3. The van der Waals surface area contributed by atoms with Crippen LogP contribution in [0.15, 0.2) is 67.0 Å². The van der Waals surface area contributed by atoms with Crippen molar-refractivity contribution >= 4 is 0 Å². The van der Waals surface area contributed by atoms with Crippen LogP contribution in [0.3, 0.4) is 0 Å². The molecule has 0 bridgehead atoms. The van der Waals surface area contributed by atoms with Gasteiger partial charge in [-0.05, 0) is 47.9 Å². The number of rotatable bonds is 7. The van der Waals surface area contributed by atoms with E-state index in [4.69, 9.17) is 14.2 Å². The second kappa shape index (κ2) is 10.2. The van der Waals surface area contributed by atoms with Crippen molar-refractivity contribution in [1.29, 1.82) is 0 Å². The van der Waals surface area contributed by atoms with Gasteiger partial charge >= 0.3 is 6.18 Å². The van der Waals surface area contributed by atoms with E-state index in [2.05, 4.69) is 9.97 Å². The zero-order valence-corrected chi connectivity index (χ0v) is 19.8. The highest BCUT2D eigenvalue weighted by Crippen LogP contribution is 2.44. The molecule has 6 nitrogen and oxygen atoms in total. The Morgan fingerprint density at radius 2 is 1.64 bits per heavy atom. The van der Waals surface area contributed by atoms with Gasteiger partial charge in [-0.15, -0.1) is 0 Å². The molecule has 0 saturated carbocycles. The molecule has 0 fully saturated rings. The Bertz CT molecular complexity index is 1390. The maximum Gasteiger partial charge on any atom is 0.434 e. The van der Waals surface area contributed by atoms with Gasteiger partial charge in [0.1, 0.15) is 24.4 Å². The average Bonchev–Trinajstić information content (AvgIpc) is 2.87. The quantitative estimate of drug-likeness (QED) is 0.317. The minimum atomic E-state index is -4.77. The highest BCUT2D eigenvalue weighted by Gasteiger charge is 2.38. The number of alkyl halides is 3. The van der Waals surface area contributed by atoms with E-state index in [-0.39, 0.29) is 40.5 Å². The fraction of sp³-hybridized carbons (Fsp3) is 0.185. The Kier molecular flexibility index (Phi) is 7.00. The SMILES string of the molecule is COc1ccc(-c2c(-c3ccc(OCc4ccccc4C)cc3O)ncnc2C(F)(F)F)cc1OC. The van der Waals surface area contributed by atoms with Crippen LogP contribution in [0.1, 0.15) is 16.8 Å². The summed E-state index contributed by atoms with van der Waals surface area (Å²) in [6.45, 7) is 2.23. The van der Waals surface area contributed by atoms with Crippen LogP contribution < -0.4 is 14.2 Å². The molecule has 1 N–H and O–H groups in total. The zero-order valence-electron chi connectivity index (χ0n) is 19.8. The van der Waals surface area contributed by atoms with Gasteiger partial charge in [-0.3, -0.25) is 0 Å². The van der Waals surface area contributed by atoms with Crippen LogP contribution in [0.25, 0.3) is 22.4 Å². The molecule has 3 aromatic carbocycles. The second-order valence-electron chi connectivity index (χ2n) is 7.91. The van der Waals surface area contributed by atoms with Crippen LogP contribution in [0.4, 0.5) is 13.2 Å². The van der Waals surface area contributed by atoms with Crippen molar-refractivity contribution in [3.63, 3.8) is 0 Å². The van der Waals surface area contributed by atoms with E-state index in [1.54, 1.807) is 6.07 Å². The summed E-state index contributed by atoms with van der Waals surface area (Å²) in [6, 6.07) is 16.5. The van der Waals surface area contributed by atoms with Crippen molar-refractivity contribution in [3.05, 3.63) is 83.8 Å². The van der Waals surface area contributed by atoms with E-state index in [1.165, 1.54) is 44.6 Å². The van der Waals surface area contributed by atoms with Gasteiger partial charge in [-0.1, -0.05) is 30.3 Å². The zero-order chi connectivity index (χ0) is 25.9. The first kappa shape index (κ1) is 24.8. The Hall–Kier alpha value is -4.27. The molecule has 0 saturated heterocycles. The maximum atomic E-state index is 14.0. The number of nitrogens with zero attached hydrogens (tertiary/aromatic N) is 2. The molecule has 0 spiro atoms. The Balaban J connectivity index is 1.78. The van der Waals surface area contributed by atoms with Crippen molar-refractivity contribution in [1.82, 2.24) is 9.97 Å². The lowest BCUT2D eigenvalue weighted by molar-refractivity contribution is -0.140. The predicted octanol–water partition coefficient (Wildman–Crippen LogP) is 6.44. The third-order valence-electron chi connectivity index (χ3n) is 5.67. The van der Waals surface area contributed by atoms with Crippen LogP contribution in [0.5, 0.6) is 23.0 Å². The number of aromatic hydroxyl groups is 1. The summed E-state index contributed by atoms with van der Waals surface area (Å²) in [6.07, 6.45) is -3.95. The van der Waals surface area contributed by atoms with Gasteiger partial charge in [-0.2, -0.15) is 13.2 Å². The molecule has 1 heterocycles. The Morgan fingerprint density at radius 1 is 0.889 bits per heavy atom. The van der Waals surface area contributed by atoms with Gasteiger partial charge in [0, 0.05) is 17.2 Å². The molecule has 0 amide bonds. The smallest absolute Gasteiger partial charge is 0.434 e. The van der Waals surface area contributed by atoms with E-state index in [0.717, 1.165) is 17.5 Å². The number of hydrogen-bond donors (Lipinski definition) is 1. The van der Waals surface area contributed by atoms with Crippen molar-refractivity contribution in [2.24, 2.45) is 0 Å². The largest absolute Gasteiger partial charge is 0.507 e. The topological polar surface area (TPSA) is 73.7 Å². The third-order valence-corrected chi connectivity index (χ3v) is 5.67. The van der Waals surface area contributed by atoms with Crippen LogP contribution >= 0.6 is 0 Å². The molecule has 0 aliphatic heterocycles. The standard InChI is InChI=1S/C27H23F3N2O4/c1-16-6-4-5-7-18(16)14-36-19-9-10-20(21(33)13-19)25-24(26(27(28,29)30)32-15-31-25)17-8-11-22(34-2)23(12-17)35-3/h4-13,15,33H,14H2,1-3H3. The number of aryl methyl sites for hydroxylation is 1. The molecule has 0 radical (unpaired) electrons. The summed E-state index contributed by atoms with van der Waals surface area (Å²) in [5, 5.41) is 10.8. The average molecular weight is 496 g/mol. The number of benzene rings is 3. The first-order valence-electron chi connectivity index (χ1n) is 10.9. The molecule has 4 rings (SSSR count). The van der Waals surface area contributed by atoms with Gasteiger partial charge in [0.05, 0.1) is 19.9 Å². The molecule has 186 valence electrons. The van der Waals surface area contributed by atoms with Crippen molar-refractivity contribution in [2.45, 2.75) is 19.7 Å². The first-order chi connectivity index (χ1) is 17.2. The number of aromatic nitrogens is 2. The first-order valence-corrected chi connectivity index (χ1v) is 10.9. The molecular formula is C27H23F3N2O4. The number of hydrogen-bond acceptors (Lipinski definition) is 6. The monoisotopic (exact) mass is 496 g/mol. The molecular weight excluding hydrogens is 473 g/mol. The lowest BCUT2D eigenvalue weighted by Gasteiger charge is -2.18. The molecule has 9 heteroatoms. The summed E-state index contributed by atoms with van der Waals surface area (Å²) >= 11 is 0. The summed E-state index contributed by atoms with van der Waals surface area (Å²) in [4.78, 5) is 7.62. The lowest BCUT2D eigenvalue weighted by atomic mass is 9.96. The van der Waals surface area contributed by atoms with E-state index in [1.807, 2.05) is 31.2 Å². The highest BCUT2D eigenvalue weighted by molar-refractivity contribution is 5.86. The lowest BCUT2D eigenvalue weighted by Crippen LogP contribution is -2.12. The van der Waals surface area contributed by atoms with Gasteiger partial charge < -0.3 is 19.3 Å². The van der Waals surface area contributed by atoms with Gasteiger partial charge in [-0.25, -0.2) is 9.97 Å². The van der Waals surface area contributed by atoms with Gasteiger partial charge in [0.2, 0.25) is 0 Å². The molecule has 36 heavy (non-hydrogen) atoms. The second-order valence-corrected chi connectivity index (χ2v) is 7.91. The summed E-state index contributed by atoms with van der Waals surface area (Å²) in [7, 11) is 2.81. The van der Waals surface area contributed by atoms with E-state index in [9.17, 15) is 18.3 Å². The van der Waals surface area contributed by atoms with E-state index >= 15 is 0 Å². The number of methoxy groups -OCH3 is 2. The maximum absolute atomic E-state index is 14.0. The van der Waals surface area contributed by atoms with E-state index in [0.29, 0.717) is 11.5 Å². The molecule has 0 atom stereocenters. The molecule has 0 aliphatic rings. The molecule has 4 aromatic rings. The Labute approximate surface area is 205 Å². The fourth-order valence-electron chi connectivity index (χ4n) is 3.80. The highest BCUT2D eigenvalue weighted by atomic mass is 19.4. The normalized spacial score (nSPS) is 11.3.